The summed E-state index contributed by atoms with van der Waals surface area (Å²) in [6.45, 7) is 3.17. The van der Waals surface area contributed by atoms with E-state index < -0.39 is 0 Å². The molecule has 0 aliphatic heterocycles. The van der Waals surface area contributed by atoms with Gasteiger partial charge in [-0.2, -0.15) is 0 Å². The van der Waals surface area contributed by atoms with Gasteiger partial charge in [-0.15, -0.1) is 0 Å². The molecule has 2 rings (SSSR count). The summed E-state index contributed by atoms with van der Waals surface area (Å²) in [5.74, 6) is 0.861. The van der Waals surface area contributed by atoms with Crippen molar-refractivity contribution in [3.05, 3.63) is 28.2 Å². The van der Waals surface area contributed by atoms with Crippen LogP contribution in [0.1, 0.15) is 30.1 Å². The molecule has 1 aliphatic rings. The first-order chi connectivity index (χ1) is 8.58. The topological polar surface area (TPSA) is 29.5 Å². The highest BCUT2D eigenvalue weighted by molar-refractivity contribution is 9.10. The summed E-state index contributed by atoms with van der Waals surface area (Å²) in [6.07, 6.45) is 2.63. The minimum Gasteiger partial charge on any atom is -0.491 e. The predicted molar refractivity (Wildman–Crippen MR) is 75.3 cm³/mol. The SMILES string of the molecule is CC(=O)c1ccc(OCCN(C)C2CC2)c(Br)c1. The molecule has 0 radical (unpaired) electrons. The van der Waals surface area contributed by atoms with Gasteiger partial charge >= 0.3 is 0 Å². The van der Waals surface area contributed by atoms with E-state index >= 15 is 0 Å². The van der Waals surface area contributed by atoms with E-state index in [1.54, 1.807) is 13.0 Å². The van der Waals surface area contributed by atoms with Gasteiger partial charge in [0.1, 0.15) is 12.4 Å². The molecule has 0 spiro atoms. The van der Waals surface area contributed by atoms with E-state index in [-0.39, 0.29) is 5.78 Å². The van der Waals surface area contributed by atoms with Crippen molar-refractivity contribution >= 4 is 21.7 Å². The van der Waals surface area contributed by atoms with Gasteiger partial charge in [0.15, 0.2) is 5.78 Å². The lowest BCUT2D eigenvalue weighted by Crippen LogP contribution is -2.26. The van der Waals surface area contributed by atoms with Crippen LogP contribution in [0.25, 0.3) is 0 Å². The molecule has 0 unspecified atom stereocenters. The number of rotatable bonds is 6. The van der Waals surface area contributed by atoms with Gasteiger partial charge in [-0.3, -0.25) is 4.79 Å². The largest absolute Gasteiger partial charge is 0.491 e. The third-order valence-corrected chi connectivity index (χ3v) is 3.83. The number of nitrogens with zero attached hydrogens (tertiary/aromatic N) is 1. The predicted octanol–water partition coefficient (Wildman–Crippen LogP) is 3.12. The molecule has 1 aliphatic carbocycles. The molecule has 1 fully saturated rings. The van der Waals surface area contributed by atoms with Gasteiger partial charge in [-0.25, -0.2) is 0 Å². The molecule has 0 heterocycles. The second-order valence-electron chi connectivity index (χ2n) is 4.76. The lowest BCUT2D eigenvalue weighted by molar-refractivity contribution is 0.101. The van der Waals surface area contributed by atoms with Gasteiger partial charge in [-0.1, -0.05) is 0 Å². The number of carbonyl (C=O) groups excluding carboxylic acids is 1. The summed E-state index contributed by atoms with van der Waals surface area (Å²) in [5.41, 5.74) is 0.698. The maximum atomic E-state index is 11.2. The summed E-state index contributed by atoms with van der Waals surface area (Å²) in [6, 6.07) is 6.21. The number of ketones is 1. The zero-order valence-corrected chi connectivity index (χ0v) is 12.4. The summed E-state index contributed by atoms with van der Waals surface area (Å²) in [7, 11) is 2.13. The van der Waals surface area contributed by atoms with Gasteiger partial charge in [0.25, 0.3) is 0 Å². The van der Waals surface area contributed by atoms with E-state index in [1.165, 1.54) is 12.8 Å². The fourth-order valence-electron chi connectivity index (χ4n) is 1.83. The standard InChI is InChI=1S/C14H18BrNO2/c1-10(17)11-3-6-14(13(15)9-11)18-8-7-16(2)12-4-5-12/h3,6,9,12H,4-5,7-8H2,1-2H3. The van der Waals surface area contributed by atoms with Gasteiger partial charge in [0.05, 0.1) is 4.47 Å². The van der Waals surface area contributed by atoms with Gasteiger partial charge in [0.2, 0.25) is 0 Å². The van der Waals surface area contributed by atoms with Crippen molar-refractivity contribution in [2.45, 2.75) is 25.8 Å². The lowest BCUT2D eigenvalue weighted by atomic mass is 10.1. The fraction of sp³-hybridized carbons (Fsp3) is 0.500. The molecule has 0 bridgehead atoms. The fourth-order valence-corrected chi connectivity index (χ4v) is 2.33. The molecule has 1 saturated carbocycles. The Morgan fingerprint density at radius 1 is 1.50 bits per heavy atom. The molecule has 18 heavy (non-hydrogen) atoms. The molecule has 3 nitrogen and oxygen atoms in total. The second kappa shape index (κ2) is 5.85. The molecule has 0 atom stereocenters. The van der Waals surface area contributed by atoms with Crippen LogP contribution in [-0.2, 0) is 0 Å². The van der Waals surface area contributed by atoms with E-state index in [1.807, 2.05) is 12.1 Å². The van der Waals surface area contributed by atoms with Crippen LogP contribution in [0.5, 0.6) is 5.75 Å². The third kappa shape index (κ3) is 3.56. The van der Waals surface area contributed by atoms with Crippen LogP contribution < -0.4 is 4.74 Å². The molecular formula is C14H18BrNO2. The van der Waals surface area contributed by atoms with Crippen LogP contribution in [0.3, 0.4) is 0 Å². The number of benzene rings is 1. The molecule has 1 aromatic rings. The van der Waals surface area contributed by atoms with Gasteiger partial charge < -0.3 is 9.64 Å². The van der Waals surface area contributed by atoms with E-state index in [0.717, 1.165) is 22.8 Å². The third-order valence-electron chi connectivity index (χ3n) is 3.21. The number of carbonyl (C=O) groups is 1. The normalized spacial score (nSPS) is 14.9. The van der Waals surface area contributed by atoms with Crippen LogP contribution in [0.4, 0.5) is 0 Å². The lowest BCUT2D eigenvalue weighted by Gasteiger charge is -2.16. The second-order valence-corrected chi connectivity index (χ2v) is 5.62. The van der Waals surface area contributed by atoms with Crippen molar-refractivity contribution in [2.75, 3.05) is 20.2 Å². The quantitative estimate of drug-likeness (QED) is 0.756. The monoisotopic (exact) mass is 311 g/mol. The number of Topliss-reactive ketones (excluding diaryl/α,β-unsaturated/α-hetero) is 1. The van der Waals surface area contributed by atoms with Crippen LogP contribution in [0.2, 0.25) is 0 Å². The molecule has 1 aromatic carbocycles. The Bertz CT molecular complexity index is 443. The Hall–Kier alpha value is -0.870. The first kappa shape index (κ1) is 13.6. The zero-order chi connectivity index (χ0) is 13.1. The van der Waals surface area contributed by atoms with Crippen molar-refractivity contribution in [1.82, 2.24) is 4.90 Å². The number of hydrogen-bond acceptors (Lipinski definition) is 3. The van der Waals surface area contributed by atoms with E-state index in [4.69, 9.17) is 4.74 Å². The Morgan fingerprint density at radius 3 is 2.78 bits per heavy atom. The Kier molecular flexibility index (Phi) is 4.40. The summed E-state index contributed by atoms with van der Waals surface area (Å²) >= 11 is 3.43. The van der Waals surface area contributed by atoms with E-state index in [9.17, 15) is 4.79 Å². The van der Waals surface area contributed by atoms with E-state index in [2.05, 4.69) is 27.9 Å². The number of likely N-dealkylation sites (N-methyl/N-ethyl adjacent to an activating group) is 1. The molecule has 0 saturated heterocycles. The number of hydrogen-bond donors (Lipinski definition) is 0. The smallest absolute Gasteiger partial charge is 0.159 e. The van der Waals surface area contributed by atoms with Crippen molar-refractivity contribution in [3.63, 3.8) is 0 Å². The number of halogens is 1. The Morgan fingerprint density at radius 2 is 2.22 bits per heavy atom. The first-order valence-electron chi connectivity index (χ1n) is 6.21. The highest BCUT2D eigenvalue weighted by Gasteiger charge is 2.25. The molecule has 0 amide bonds. The summed E-state index contributed by atoms with van der Waals surface area (Å²) in [5, 5.41) is 0. The zero-order valence-electron chi connectivity index (χ0n) is 10.8. The van der Waals surface area contributed by atoms with Gasteiger partial charge in [0, 0.05) is 18.2 Å². The van der Waals surface area contributed by atoms with Crippen molar-refractivity contribution < 1.29 is 9.53 Å². The molecule has 0 N–H and O–H groups in total. The Labute approximate surface area is 116 Å². The minimum absolute atomic E-state index is 0.0655. The number of ether oxygens (including phenoxy) is 1. The van der Waals surface area contributed by atoms with Crippen LogP contribution in [-0.4, -0.2) is 36.9 Å². The average molecular weight is 312 g/mol. The molecular weight excluding hydrogens is 294 g/mol. The molecule has 4 heteroatoms. The van der Waals surface area contributed by atoms with Gasteiger partial charge in [-0.05, 0) is 60.9 Å². The van der Waals surface area contributed by atoms with E-state index in [0.29, 0.717) is 12.2 Å². The summed E-state index contributed by atoms with van der Waals surface area (Å²) in [4.78, 5) is 13.6. The van der Waals surface area contributed by atoms with Crippen molar-refractivity contribution in [3.8, 4) is 5.75 Å². The maximum Gasteiger partial charge on any atom is 0.159 e. The van der Waals surface area contributed by atoms with Crippen LogP contribution >= 0.6 is 15.9 Å². The van der Waals surface area contributed by atoms with Crippen molar-refractivity contribution in [2.24, 2.45) is 0 Å². The minimum atomic E-state index is 0.0655. The van der Waals surface area contributed by atoms with Crippen molar-refractivity contribution in [1.29, 1.82) is 0 Å². The Balaban J connectivity index is 1.86. The average Bonchev–Trinajstić information content (AvgIpc) is 3.14. The summed E-state index contributed by atoms with van der Waals surface area (Å²) < 4.78 is 6.56. The molecule has 98 valence electrons. The van der Waals surface area contributed by atoms with Crippen LogP contribution in [0, 0.1) is 0 Å². The highest BCUT2D eigenvalue weighted by atomic mass is 79.9. The van der Waals surface area contributed by atoms with Crippen LogP contribution in [0.15, 0.2) is 22.7 Å². The molecule has 0 aromatic heterocycles. The first-order valence-corrected chi connectivity index (χ1v) is 7.01. The maximum absolute atomic E-state index is 11.2. The highest BCUT2D eigenvalue weighted by Crippen LogP contribution is 2.27.